The predicted octanol–water partition coefficient (Wildman–Crippen LogP) is 4.77. The largest absolute Gasteiger partial charge is 0.465 e. The zero-order valence-electron chi connectivity index (χ0n) is 16.7. The van der Waals surface area contributed by atoms with E-state index in [1.54, 1.807) is 24.3 Å². The van der Waals surface area contributed by atoms with Crippen molar-refractivity contribution in [3.05, 3.63) is 95.1 Å². The van der Waals surface area contributed by atoms with Crippen molar-refractivity contribution >= 4 is 11.9 Å². The van der Waals surface area contributed by atoms with Gasteiger partial charge in [0.15, 0.2) is 0 Å². The first kappa shape index (κ1) is 19.4. The normalized spacial score (nSPS) is 12.9. The van der Waals surface area contributed by atoms with Crippen LogP contribution in [0.1, 0.15) is 34.0 Å². The van der Waals surface area contributed by atoms with Crippen molar-refractivity contribution < 1.29 is 9.53 Å². The minimum atomic E-state index is -0.395. The first-order valence-electron chi connectivity index (χ1n) is 9.86. The molecule has 0 aromatic heterocycles. The Morgan fingerprint density at radius 1 is 0.967 bits per heavy atom. The molecule has 0 saturated carbocycles. The van der Waals surface area contributed by atoms with E-state index in [2.05, 4.69) is 35.3 Å². The first-order valence-corrected chi connectivity index (χ1v) is 9.86. The van der Waals surface area contributed by atoms with Crippen LogP contribution in [0.3, 0.4) is 0 Å². The third-order valence-corrected chi connectivity index (χ3v) is 5.05. The Morgan fingerprint density at radius 3 is 2.07 bits per heavy atom. The molecule has 0 unspecified atom stereocenters. The molecule has 0 saturated heterocycles. The molecule has 1 heterocycles. The summed E-state index contributed by atoms with van der Waals surface area (Å²) in [6.07, 6.45) is 0. The molecule has 3 aromatic rings. The van der Waals surface area contributed by atoms with Crippen molar-refractivity contribution in [1.82, 2.24) is 4.90 Å². The van der Waals surface area contributed by atoms with Gasteiger partial charge in [-0.05, 0) is 53.4 Å². The van der Waals surface area contributed by atoms with E-state index in [1.807, 2.05) is 36.1 Å². The number of carbonyl (C=O) groups is 1. The minimum absolute atomic E-state index is 0.304. The standard InChI is InChI=1S/C25H21N3O2/c1-2-30-25(27-24(29)19-13-11-18(15-26)12-14-19)28-16-20-7-3-5-9-22(20)23-10-6-4-8-21(23)17-28/h3-14H,2,16-17H2,1H3. The molecular weight excluding hydrogens is 374 g/mol. The number of rotatable bonds is 2. The lowest BCUT2D eigenvalue weighted by Gasteiger charge is -2.24. The first-order chi connectivity index (χ1) is 14.7. The lowest BCUT2D eigenvalue weighted by molar-refractivity contribution is 0.0993. The third-order valence-electron chi connectivity index (χ3n) is 5.05. The van der Waals surface area contributed by atoms with Crippen LogP contribution in [0.2, 0.25) is 0 Å². The monoisotopic (exact) mass is 395 g/mol. The fraction of sp³-hybridized carbons (Fsp3) is 0.160. The Kier molecular flexibility index (Phi) is 5.58. The van der Waals surface area contributed by atoms with Gasteiger partial charge < -0.3 is 9.64 Å². The second-order valence-electron chi connectivity index (χ2n) is 6.99. The highest BCUT2D eigenvalue weighted by Gasteiger charge is 2.23. The third kappa shape index (κ3) is 3.94. The maximum Gasteiger partial charge on any atom is 0.296 e. The molecule has 5 nitrogen and oxygen atoms in total. The van der Waals surface area contributed by atoms with E-state index in [9.17, 15) is 4.79 Å². The van der Waals surface area contributed by atoms with Crippen molar-refractivity contribution in [2.75, 3.05) is 6.61 Å². The Bertz CT molecular complexity index is 1100. The van der Waals surface area contributed by atoms with Gasteiger partial charge in [0, 0.05) is 18.7 Å². The summed E-state index contributed by atoms with van der Waals surface area (Å²) in [6, 6.07) is 25.4. The molecule has 5 heteroatoms. The summed E-state index contributed by atoms with van der Waals surface area (Å²) in [6.45, 7) is 3.45. The van der Waals surface area contributed by atoms with Gasteiger partial charge in [0.25, 0.3) is 11.9 Å². The molecule has 1 aliphatic rings. The van der Waals surface area contributed by atoms with Gasteiger partial charge in [0.05, 0.1) is 18.2 Å². The van der Waals surface area contributed by atoms with Gasteiger partial charge >= 0.3 is 0 Å². The average Bonchev–Trinajstić information content (AvgIpc) is 2.96. The zero-order valence-corrected chi connectivity index (χ0v) is 16.7. The lowest BCUT2D eigenvalue weighted by atomic mass is 9.97. The van der Waals surface area contributed by atoms with Crippen LogP contribution in [0.15, 0.2) is 77.8 Å². The summed E-state index contributed by atoms with van der Waals surface area (Å²) in [7, 11) is 0. The number of amides is 1. The van der Waals surface area contributed by atoms with E-state index in [4.69, 9.17) is 10.00 Å². The number of fused-ring (bicyclic) bond motifs is 3. The average molecular weight is 395 g/mol. The number of benzene rings is 3. The van der Waals surface area contributed by atoms with E-state index < -0.39 is 5.91 Å². The predicted molar refractivity (Wildman–Crippen MR) is 116 cm³/mol. The fourth-order valence-corrected chi connectivity index (χ4v) is 3.61. The molecule has 0 spiro atoms. The van der Waals surface area contributed by atoms with E-state index in [0.717, 1.165) is 11.1 Å². The molecule has 1 aliphatic heterocycles. The summed E-state index contributed by atoms with van der Waals surface area (Å²) in [5.41, 5.74) is 5.60. The molecule has 0 radical (unpaired) electrons. The number of nitrogens with zero attached hydrogens (tertiary/aromatic N) is 3. The van der Waals surface area contributed by atoms with Gasteiger partial charge in [0.1, 0.15) is 0 Å². The number of hydrogen-bond donors (Lipinski definition) is 0. The van der Waals surface area contributed by atoms with Crippen LogP contribution < -0.4 is 0 Å². The smallest absolute Gasteiger partial charge is 0.296 e. The molecule has 0 aliphatic carbocycles. The zero-order chi connectivity index (χ0) is 20.9. The number of carbonyl (C=O) groups excluding carboxylic acids is 1. The summed E-state index contributed by atoms with van der Waals surface area (Å²) in [4.78, 5) is 19.1. The molecule has 148 valence electrons. The van der Waals surface area contributed by atoms with Crippen molar-refractivity contribution in [3.8, 4) is 17.2 Å². The summed E-state index contributed by atoms with van der Waals surface area (Å²) < 4.78 is 5.81. The number of amidine groups is 1. The van der Waals surface area contributed by atoms with Crippen LogP contribution in [-0.4, -0.2) is 23.4 Å². The lowest BCUT2D eigenvalue weighted by Crippen LogP contribution is -2.32. The van der Waals surface area contributed by atoms with Gasteiger partial charge in [-0.15, -0.1) is 0 Å². The van der Waals surface area contributed by atoms with Crippen molar-refractivity contribution in [2.45, 2.75) is 20.0 Å². The van der Waals surface area contributed by atoms with Crippen LogP contribution in [0, 0.1) is 11.3 Å². The fourth-order valence-electron chi connectivity index (χ4n) is 3.61. The SMILES string of the molecule is CCOC(=NC(=O)c1ccc(C#N)cc1)N1Cc2ccccc2-c2ccccc2C1. The number of ether oxygens (including phenoxy) is 1. The quantitative estimate of drug-likeness (QED) is 0.463. The second-order valence-corrected chi connectivity index (χ2v) is 6.99. The van der Waals surface area contributed by atoms with Crippen molar-refractivity contribution in [3.63, 3.8) is 0 Å². The summed E-state index contributed by atoms with van der Waals surface area (Å²) in [5.74, 6) is -0.395. The minimum Gasteiger partial charge on any atom is -0.465 e. The summed E-state index contributed by atoms with van der Waals surface area (Å²) >= 11 is 0. The van der Waals surface area contributed by atoms with Crippen LogP contribution in [0.4, 0.5) is 0 Å². The van der Waals surface area contributed by atoms with Crippen LogP contribution in [0.5, 0.6) is 0 Å². The molecule has 0 fully saturated rings. The second kappa shape index (κ2) is 8.62. The Labute approximate surface area is 175 Å². The van der Waals surface area contributed by atoms with Gasteiger partial charge in [-0.1, -0.05) is 48.5 Å². The number of aliphatic imine (C=N–C) groups is 1. The molecular formula is C25H21N3O2. The number of hydrogen-bond acceptors (Lipinski definition) is 3. The van der Waals surface area contributed by atoms with Crippen molar-refractivity contribution in [2.24, 2.45) is 4.99 Å². The molecule has 0 bridgehead atoms. The molecule has 30 heavy (non-hydrogen) atoms. The maximum atomic E-state index is 12.8. The van der Waals surface area contributed by atoms with E-state index in [0.29, 0.717) is 36.8 Å². The Hall–Kier alpha value is -3.91. The molecule has 0 N–H and O–H groups in total. The highest BCUT2D eigenvalue weighted by molar-refractivity contribution is 6.01. The molecule has 1 amide bonds. The highest BCUT2D eigenvalue weighted by atomic mass is 16.5. The Balaban J connectivity index is 1.71. The molecule has 4 rings (SSSR count). The van der Waals surface area contributed by atoms with Crippen LogP contribution >= 0.6 is 0 Å². The molecule has 0 atom stereocenters. The highest BCUT2D eigenvalue weighted by Crippen LogP contribution is 2.32. The Morgan fingerprint density at radius 2 is 1.53 bits per heavy atom. The summed E-state index contributed by atoms with van der Waals surface area (Å²) in [5, 5.41) is 8.95. The van der Waals surface area contributed by atoms with Gasteiger partial charge in [-0.25, -0.2) is 0 Å². The van der Waals surface area contributed by atoms with E-state index >= 15 is 0 Å². The van der Waals surface area contributed by atoms with Crippen molar-refractivity contribution in [1.29, 1.82) is 5.26 Å². The van der Waals surface area contributed by atoms with Crippen LogP contribution in [0.25, 0.3) is 11.1 Å². The van der Waals surface area contributed by atoms with Crippen LogP contribution in [-0.2, 0) is 17.8 Å². The van der Waals surface area contributed by atoms with Gasteiger partial charge in [-0.3, -0.25) is 4.79 Å². The van der Waals surface area contributed by atoms with Gasteiger partial charge in [0.2, 0.25) is 0 Å². The van der Waals surface area contributed by atoms with E-state index in [1.165, 1.54) is 11.1 Å². The number of nitriles is 1. The maximum absolute atomic E-state index is 12.8. The van der Waals surface area contributed by atoms with Gasteiger partial charge in [-0.2, -0.15) is 10.3 Å². The topological polar surface area (TPSA) is 65.7 Å². The van der Waals surface area contributed by atoms with E-state index in [-0.39, 0.29) is 0 Å². The molecule has 3 aromatic carbocycles.